The third kappa shape index (κ3) is 9.55. The van der Waals surface area contributed by atoms with Crippen molar-refractivity contribution < 1.29 is 18.8 Å². The van der Waals surface area contributed by atoms with Crippen LogP contribution in [0.15, 0.2) is 47.0 Å². The lowest BCUT2D eigenvalue weighted by Gasteiger charge is -2.29. The summed E-state index contributed by atoms with van der Waals surface area (Å²) in [7, 11) is 3.33. The van der Waals surface area contributed by atoms with Crippen LogP contribution in [0, 0.1) is 6.92 Å². The highest BCUT2D eigenvalue weighted by Crippen LogP contribution is 2.11. The van der Waals surface area contributed by atoms with Gasteiger partial charge in [0.1, 0.15) is 6.61 Å². The van der Waals surface area contributed by atoms with Gasteiger partial charge < -0.3 is 24.8 Å². The molecule has 0 saturated heterocycles. The van der Waals surface area contributed by atoms with Crippen molar-refractivity contribution in [3.05, 3.63) is 59.8 Å². The van der Waals surface area contributed by atoms with Crippen molar-refractivity contribution in [1.29, 1.82) is 0 Å². The highest BCUT2D eigenvalue weighted by Gasteiger charge is 2.23. The number of rotatable bonds is 12. The normalized spacial score (nSPS) is 12.7. The van der Waals surface area contributed by atoms with Gasteiger partial charge in [0.2, 0.25) is 11.8 Å². The minimum atomic E-state index is -0.393. The fourth-order valence-corrected chi connectivity index (χ4v) is 3.06. The average molecular weight is 458 g/mol. The van der Waals surface area contributed by atoms with Crippen LogP contribution in [-0.4, -0.2) is 70.6 Å². The van der Waals surface area contributed by atoms with Gasteiger partial charge in [-0.2, -0.15) is 4.98 Å². The smallest absolute Gasteiger partial charge is 0.252 e. The van der Waals surface area contributed by atoms with Crippen LogP contribution in [-0.2, 0) is 27.4 Å². The van der Waals surface area contributed by atoms with E-state index in [2.05, 4.69) is 10.1 Å². The van der Waals surface area contributed by atoms with Crippen LogP contribution in [0.25, 0.3) is 0 Å². The maximum absolute atomic E-state index is 13.0. The highest BCUT2D eigenvalue weighted by molar-refractivity contribution is 5.91. The molecule has 0 saturated carbocycles. The Morgan fingerprint density at radius 3 is 2.55 bits per heavy atom. The largest absolute Gasteiger partial charge is 0.369 e. The van der Waals surface area contributed by atoms with Gasteiger partial charge in [0.15, 0.2) is 5.82 Å². The van der Waals surface area contributed by atoms with Crippen LogP contribution in [0.3, 0.4) is 0 Å². The van der Waals surface area contributed by atoms with E-state index in [-0.39, 0.29) is 37.6 Å². The molecule has 1 heterocycles. The Morgan fingerprint density at radius 2 is 1.94 bits per heavy atom. The van der Waals surface area contributed by atoms with Crippen molar-refractivity contribution in [3.8, 4) is 0 Å². The summed E-state index contributed by atoms with van der Waals surface area (Å²) in [4.78, 5) is 32.5. The molecule has 9 heteroatoms. The zero-order valence-electron chi connectivity index (χ0n) is 20.2. The Morgan fingerprint density at radius 1 is 1.24 bits per heavy atom. The van der Waals surface area contributed by atoms with Crippen molar-refractivity contribution in [2.75, 3.05) is 27.2 Å². The third-order valence-electron chi connectivity index (χ3n) is 5.01. The molecule has 2 aromatic rings. The van der Waals surface area contributed by atoms with Crippen molar-refractivity contribution in [1.82, 2.24) is 19.9 Å². The van der Waals surface area contributed by atoms with Gasteiger partial charge >= 0.3 is 0 Å². The standard InChI is InChI=1S/C24H35N5O4/c1-18-26-21(33-27-18)17-32-16-20(14-19-10-7-6-8-11-19)29(5)23(31)15-28(4)22(30)12-9-13-24(2,3)25/h6-12,20H,13-17,25H2,1-5H3/b12-9+/t20-/m1/s1. The van der Waals surface area contributed by atoms with Gasteiger partial charge in [0.05, 0.1) is 19.2 Å². The number of nitrogens with zero attached hydrogens (tertiary/aromatic N) is 4. The van der Waals surface area contributed by atoms with E-state index in [1.807, 2.05) is 44.2 Å². The second-order valence-corrected chi connectivity index (χ2v) is 8.89. The monoisotopic (exact) mass is 457 g/mol. The van der Waals surface area contributed by atoms with E-state index in [9.17, 15) is 9.59 Å². The van der Waals surface area contributed by atoms with E-state index >= 15 is 0 Å². The second-order valence-electron chi connectivity index (χ2n) is 8.89. The molecule has 0 aliphatic rings. The Bertz CT molecular complexity index is 920. The van der Waals surface area contributed by atoms with Gasteiger partial charge in [-0.05, 0) is 45.3 Å². The summed E-state index contributed by atoms with van der Waals surface area (Å²) in [6.07, 6.45) is 4.36. The van der Waals surface area contributed by atoms with Gasteiger partial charge in [0.25, 0.3) is 5.89 Å². The predicted octanol–water partition coefficient (Wildman–Crippen LogP) is 2.11. The molecule has 1 atom stereocenters. The Kier molecular flexibility index (Phi) is 9.74. The molecule has 0 spiro atoms. The molecule has 0 bridgehead atoms. The van der Waals surface area contributed by atoms with Crippen LogP contribution < -0.4 is 5.73 Å². The predicted molar refractivity (Wildman–Crippen MR) is 125 cm³/mol. The molecule has 1 aromatic carbocycles. The number of carbonyl (C=O) groups is 2. The maximum Gasteiger partial charge on any atom is 0.252 e. The number of benzene rings is 1. The lowest BCUT2D eigenvalue weighted by atomic mass is 10.0. The quantitative estimate of drug-likeness (QED) is 0.485. The van der Waals surface area contributed by atoms with Gasteiger partial charge in [-0.3, -0.25) is 9.59 Å². The molecule has 0 aliphatic heterocycles. The number of hydrogen-bond acceptors (Lipinski definition) is 7. The Balaban J connectivity index is 1.98. The van der Waals surface area contributed by atoms with Crippen LogP contribution in [0.2, 0.25) is 0 Å². The first-order chi connectivity index (χ1) is 15.5. The molecular weight excluding hydrogens is 422 g/mol. The highest BCUT2D eigenvalue weighted by atomic mass is 16.5. The van der Waals surface area contributed by atoms with E-state index in [0.717, 1.165) is 5.56 Å². The van der Waals surface area contributed by atoms with Crippen molar-refractivity contribution >= 4 is 11.8 Å². The maximum atomic E-state index is 13.0. The van der Waals surface area contributed by atoms with Crippen LogP contribution in [0.5, 0.6) is 0 Å². The fourth-order valence-electron chi connectivity index (χ4n) is 3.06. The summed E-state index contributed by atoms with van der Waals surface area (Å²) in [6.45, 7) is 5.91. The number of hydrogen-bond donors (Lipinski definition) is 1. The third-order valence-corrected chi connectivity index (χ3v) is 5.01. The molecule has 0 radical (unpaired) electrons. The fraction of sp³-hybridized carbons (Fsp3) is 0.500. The number of amides is 2. The summed E-state index contributed by atoms with van der Waals surface area (Å²) < 4.78 is 10.9. The van der Waals surface area contributed by atoms with Gasteiger partial charge in [-0.15, -0.1) is 0 Å². The van der Waals surface area contributed by atoms with E-state index in [0.29, 0.717) is 24.6 Å². The van der Waals surface area contributed by atoms with Crippen molar-refractivity contribution in [2.45, 2.75) is 51.8 Å². The zero-order chi connectivity index (χ0) is 24.4. The molecule has 180 valence electrons. The SMILES string of the molecule is Cc1noc(COC[C@@H](Cc2ccccc2)N(C)C(=O)CN(C)C(=O)/C=C/CC(C)(C)N)n1. The van der Waals surface area contributed by atoms with E-state index in [4.69, 9.17) is 15.0 Å². The minimum absolute atomic E-state index is 0.0418. The first-order valence-electron chi connectivity index (χ1n) is 10.9. The molecule has 0 fully saturated rings. The van der Waals surface area contributed by atoms with Gasteiger partial charge in [-0.1, -0.05) is 41.6 Å². The number of likely N-dealkylation sites (N-methyl/N-ethyl adjacent to an activating group) is 2. The molecule has 0 aliphatic carbocycles. The number of aromatic nitrogens is 2. The molecule has 2 rings (SSSR count). The lowest BCUT2D eigenvalue weighted by Crippen LogP contribution is -2.46. The van der Waals surface area contributed by atoms with E-state index in [1.54, 1.807) is 32.0 Å². The van der Waals surface area contributed by atoms with Crippen LogP contribution in [0.1, 0.15) is 37.5 Å². The molecule has 1 aromatic heterocycles. The van der Waals surface area contributed by atoms with E-state index in [1.165, 1.54) is 11.0 Å². The van der Waals surface area contributed by atoms with Crippen molar-refractivity contribution in [3.63, 3.8) is 0 Å². The molecule has 2 N–H and O–H groups in total. The summed E-state index contributed by atoms with van der Waals surface area (Å²) in [5.41, 5.74) is 6.62. The molecule has 9 nitrogen and oxygen atoms in total. The van der Waals surface area contributed by atoms with E-state index < -0.39 is 5.54 Å². The molecule has 0 unspecified atom stereocenters. The topological polar surface area (TPSA) is 115 Å². The van der Waals surface area contributed by atoms with Crippen LogP contribution >= 0.6 is 0 Å². The Labute approximate surface area is 195 Å². The lowest BCUT2D eigenvalue weighted by molar-refractivity contribution is -0.138. The Hall–Kier alpha value is -3.04. The number of ether oxygens (including phenoxy) is 1. The molecule has 2 amide bonds. The molecule has 33 heavy (non-hydrogen) atoms. The first-order valence-corrected chi connectivity index (χ1v) is 10.9. The number of nitrogens with two attached hydrogens (primary N) is 1. The summed E-state index contributed by atoms with van der Waals surface area (Å²) in [5, 5.41) is 3.75. The summed E-state index contributed by atoms with van der Waals surface area (Å²) in [6, 6.07) is 9.64. The zero-order valence-corrected chi connectivity index (χ0v) is 20.2. The van der Waals surface area contributed by atoms with Gasteiger partial charge in [-0.25, -0.2) is 0 Å². The molecular formula is C24H35N5O4. The van der Waals surface area contributed by atoms with Crippen LogP contribution in [0.4, 0.5) is 0 Å². The van der Waals surface area contributed by atoms with Gasteiger partial charge in [0, 0.05) is 19.6 Å². The first kappa shape index (κ1) is 26.2. The minimum Gasteiger partial charge on any atom is -0.369 e. The number of aryl methyl sites for hydroxylation is 1. The average Bonchev–Trinajstić information content (AvgIpc) is 3.17. The summed E-state index contributed by atoms with van der Waals surface area (Å²) >= 11 is 0. The summed E-state index contributed by atoms with van der Waals surface area (Å²) in [5.74, 6) is 0.497. The second kappa shape index (κ2) is 12.3. The number of carbonyl (C=O) groups excluding carboxylic acids is 2. The van der Waals surface area contributed by atoms with Crippen molar-refractivity contribution in [2.24, 2.45) is 5.73 Å².